The quantitative estimate of drug-likeness (QED) is 0.797. The third-order valence-corrected chi connectivity index (χ3v) is 3.50. The zero-order valence-corrected chi connectivity index (χ0v) is 11.3. The molecule has 0 radical (unpaired) electrons. The second-order valence-corrected chi connectivity index (χ2v) is 5.43. The van der Waals surface area contributed by atoms with Crippen molar-refractivity contribution in [1.82, 2.24) is 5.32 Å². The van der Waals surface area contributed by atoms with Crippen LogP contribution in [0.25, 0.3) is 0 Å². The maximum absolute atomic E-state index is 5.96. The highest BCUT2D eigenvalue weighted by atomic mass is 35.5. The normalized spacial score (nSPS) is 19.5. The fraction of sp³-hybridized carbons (Fsp3) is 0.429. The third-order valence-electron chi connectivity index (χ3n) is 3.06. The molecule has 1 aromatic rings. The van der Waals surface area contributed by atoms with Gasteiger partial charge in [0, 0.05) is 16.6 Å². The lowest BCUT2D eigenvalue weighted by atomic mass is 9.94. The van der Waals surface area contributed by atoms with Crippen molar-refractivity contribution in [3.63, 3.8) is 0 Å². The molecule has 0 heterocycles. The molecular formula is C14H17Cl2N. The molecule has 1 aromatic carbocycles. The Labute approximate surface area is 113 Å². The zero-order chi connectivity index (χ0) is 12.1. The van der Waals surface area contributed by atoms with Crippen LogP contribution in [0, 0.1) is 5.92 Å². The van der Waals surface area contributed by atoms with E-state index in [9.17, 15) is 0 Å². The van der Waals surface area contributed by atoms with Gasteiger partial charge in [0.1, 0.15) is 0 Å². The third kappa shape index (κ3) is 4.34. The van der Waals surface area contributed by atoms with Crippen LogP contribution in [0.15, 0.2) is 30.4 Å². The molecule has 1 N–H and O–H groups in total. The van der Waals surface area contributed by atoms with Crippen molar-refractivity contribution in [2.24, 2.45) is 5.92 Å². The largest absolute Gasteiger partial charge is 0.312 e. The maximum atomic E-state index is 5.96. The molecule has 0 aromatic heterocycles. The molecule has 17 heavy (non-hydrogen) atoms. The van der Waals surface area contributed by atoms with Gasteiger partial charge in [0.2, 0.25) is 0 Å². The van der Waals surface area contributed by atoms with Crippen LogP contribution in [0.2, 0.25) is 10.0 Å². The molecule has 0 spiro atoms. The minimum atomic E-state index is 0.704. The number of hydrogen-bond acceptors (Lipinski definition) is 1. The van der Waals surface area contributed by atoms with Gasteiger partial charge in [0.05, 0.1) is 0 Å². The summed E-state index contributed by atoms with van der Waals surface area (Å²) >= 11 is 11.9. The van der Waals surface area contributed by atoms with E-state index in [1.165, 1.54) is 19.3 Å². The Kier molecular flexibility index (Phi) is 4.90. The van der Waals surface area contributed by atoms with Gasteiger partial charge in [-0.25, -0.2) is 0 Å². The molecule has 1 unspecified atom stereocenters. The molecule has 3 heteroatoms. The van der Waals surface area contributed by atoms with Crippen LogP contribution in [0.3, 0.4) is 0 Å². The van der Waals surface area contributed by atoms with Gasteiger partial charge in [-0.3, -0.25) is 0 Å². The van der Waals surface area contributed by atoms with Crippen LogP contribution in [0.1, 0.15) is 24.8 Å². The Balaban J connectivity index is 1.79. The van der Waals surface area contributed by atoms with E-state index in [1.807, 2.05) is 12.1 Å². The van der Waals surface area contributed by atoms with Crippen LogP contribution < -0.4 is 5.32 Å². The molecule has 1 aliphatic rings. The molecular weight excluding hydrogens is 253 g/mol. The fourth-order valence-corrected chi connectivity index (χ4v) is 2.75. The zero-order valence-electron chi connectivity index (χ0n) is 9.76. The number of nitrogens with one attached hydrogen (secondary N) is 1. The van der Waals surface area contributed by atoms with Gasteiger partial charge < -0.3 is 5.32 Å². The van der Waals surface area contributed by atoms with Crippen molar-refractivity contribution < 1.29 is 0 Å². The number of allylic oxidation sites excluding steroid dienone is 2. The molecule has 0 aliphatic heterocycles. The molecule has 0 amide bonds. The first-order chi connectivity index (χ1) is 8.24. The van der Waals surface area contributed by atoms with Crippen LogP contribution in [-0.2, 0) is 6.54 Å². The van der Waals surface area contributed by atoms with Crippen LogP contribution >= 0.6 is 23.2 Å². The Morgan fingerprint density at radius 2 is 1.88 bits per heavy atom. The van der Waals surface area contributed by atoms with E-state index in [2.05, 4.69) is 17.5 Å². The first-order valence-corrected chi connectivity index (χ1v) is 6.80. The van der Waals surface area contributed by atoms with Gasteiger partial charge >= 0.3 is 0 Å². The van der Waals surface area contributed by atoms with Gasteiger partial charge in [-0.05, 0) is 55.5 Å². The topological polar surface area (TPSA) is 12.0 Å². The lowest BCUT2D eigenvalue weighted by molar-refractivity contribution is 0.440. The van der Waals surface area contributed by atoms with E-state index in [0.29, 0.717) is 10.0 Å². The SMILES string of the molecule is Clc1cc(Cl)cc(CNCC2CC=CCC2)c1. The van der Waals surface area contributed by atoms with Crippen LogP contribution in [-0.4, -0.2) is 6.54 Å². The summed E-state index contributed by atoms with van der Waals surface area (Å²) in [5.74, 6) is 0.773. The Hall–Kier alpha value is -0.500. The van der Waals surface area contributed by atoms with E-state index < -0.39 is 0 Å². The highest BCUT2D eigenvalue weighted by molar-refractivity contribution is 6.34. The van der Waals surface area contributed by atoms with Gasteiger partial charge in [-0.15, -0.1) is 0 Å². The van der Waals surface area contributed by atoms with Crippen molar-refractivity contribution in [3.8, 4) is 0 Å². The molecule has 1 nitrogen and oxygen atoms in total. The van der Waals surface area contributed by atoms with Gasteiger partial charge in [-0.2, -0.15) is 0 Å². The predicted molar refractivity (Wildman–Crippen MR) is 74.6 cm³/mol. The Morgan fingerprint density at radius 1 is 1.12 bits per heavy atom. The number of halogens is 2. The van der Waals surface area contributed by atoms with Crippen molar-refractivity contribution in [3.05, 3.63) is 46.0 Å². The Morgan fingerprint density at radius 3 is 2.53 bits per heavy atom. The first kappa shape index (κ1) is 12.9. The number of hydrogen-bond donors (Lipinski definition) is 1. The summed E-state index contributed by atoms with van der Waals surface area (Å²) in [6.07, 6.45) is 8.26. The summed E-state index contributed by atoms with van der Waals surface area (Å²) < 4.78 is 0. The van der Waals surface area contributed by atoms with Gasteiger partial charge in [0.25, 0.3) is 0 Å². The summed E-state index contributed by atoms with van der Waals surface area (Å²) in [7, 11) is 0. The number of benzene rings is 1. The van der Waals surface area contributed by atoms with Crippen molar-refractivity contribution in [2.75, 3.05) is 6.54 Å². The molecule has 0 fully saturated rings. The summed E-state index contributed by atoms with van der Waals surface area (Å²) in [5, 5.41) is 4.88. The lowest BCUT2D eigenvalue weighted by Gasteiger charge is -2.18. The second kappa shape index (κ2) is 6.44. The van der Waals surface area contributed by atoms with E-state index >= 15 is 0 Å². The molecule has 1 aliphatic carbocycles. The summed E-state index contributed by atoms with van der Waals surface area (Å²) in [4.78, 5) is 0. The maximum Gasteiger partial charge on any atom is 0.0424 e. The first-order valence-electron chi connectivity index (χ1n) is 6.05. The predicted octanol–water partition coefficient (Wildman–Crippen LogP) is 4.44. The smallest absolute Gasteiger partial charge is 0.0424 e. The summed E-state index contributed by atoms with van der Waals surface area (Å²) in [6, 6.07) is 5.68. The average Bonchev–Trinajstić information content (AvgIpc) is 2.29. The standard InChI is InChI=1S/C14H17Cl2N/c15-13-6-12(7-14(16)8-13)10-17-9-11-4-2-1-3-5-11/h1-2,6-8,11,17H,3-5,9-10H2. The summed E-state index contributed by atoms with van der Waals surface area (Å²) in [5.41, 5.74) is 1.15. The number of rotatable bonds is 4. The van der Waals surface area contributed by atoms with E-state index in [1.54, 1.807) is 6.07 Å². The highest BCUT2D eigenvalue weighted by Gasteiger charge is 2.08. The molecule has 0 saturated carbocycles. The minimum absolute atomic E-state index is 0.704. The van der Waals surface area contributed by atoms with E-state index in [0.717, 1.165) is 24.6 Å². The molecule has 92 valence electrons. The van der Waals surface area contributed by atoms with Gasteiger partial charge in [-0.1, -0.05) is 35.4 Å². The van der Waals surface area contributed by atoms with Gasteiger partial charge in [0.15, 0.2) is 0 Å². The average molecular weight is 270 g/mol. The molecule has 1 atom stereocenters. The van der Waals surface area contributed by atoms with E-state index in [-0.39, 0.29) is 0 Å². The van der Waals surface area contributed by atoms with E-state index in [4.69, 9.17) is 23.2 Å². The van der Waals surface area contributed by atoms with Crippen molar-refractivity contribution in [1.29, 1.82) is 0 Å². The molecule has 0 bridgehead atoms. The molecule has 2 rings (SSSR count). The fourth-order valence-electron chi connectivity index (χ4n) is 2.18. The van der Waals surface area contributed by atoms with Crippen LogP contribution in [0.4, 0.5) is 0 Å². The lowest BCUT2D eigenvalue weighted by Crippen LogP contribution is -2.23. The second-order valence-electron chi connectivity index (χ2n) is 4.56. The highest BCUT2D eigenvalue weighted by Crippen LogP contribution is 2.20. The Bertz CT molecular complexity index is 381. The molecule has 0 saturated heterocycles. The van der Waals surface area contributed by atoms with Crippen molar-refractivity contribution in [2.45, 2.75) is 25.8 Å². The summed E-state index contributed by atoms with van der Waals surface area (Å²) in [6.45, 7) is 1.90. The van der Waals surface area contributed by atoms with Crippen molar-refractivity contribution >= 4 is 23.2 Å². The monoisotopic (exact) mass is 269 g/mol. The van der Waals surface area contributed by atoms with Crippen LogP contribution in [0.5, 0.6) is 0 Å². The minimum Gasteiger partial charge on any atom is -0.312 e.